The van der Waals surface area contributed by atoms with Crippen LogP contribution in [0.4, 0.5) is 0 Å². The zero-order valence-electron chi connectivity index (χ0n) is 15.1. The lowest BCUT2D eigenvalue weighted by Gasteiger charge is -2.18. The van der Waals surface area contributed by atoms with Crippen LogP contribution in [0.2, 0.25) is 0 Å². The van der Waals surface area contributed by atoms with Crippen LogP contribution in [0.25, 0.3) is 11.1 Å². The summed E-state index contributed by atoms with van der Waals surface area (Å²) in [5.74, 6) is 2.09. The van der Waals surface area contributed by atoms with Gasteiger partial charge in [0, 0.05) is 0 Å². The maximum Gasteiger partial charge on any atom is 0.530 e. The first kappa shape index (κ1) is 18.1. The molecule has 138 valence electrons. The maximum atomic E-state index is 6.10. The first-order chi connectivity index (χ1) is 13.9. The fourth-order valence-electron chi connectivity index (χ4n) is 2.64. The molecule has 4 rings (SSSR count). The van der Waals surface area contributed by atoms with Gasteiger partial charge in [0.2, 0.25) is 0 Å². The van der Waals surface area contributed by atoms with E-state index in [4.69, 9.17) is 13.6 Å². The third kappa shape index (κ3) is 4.91. The van der Waals surface area contributed by atoms with Crippen molar-refractivity contribution in [2.75, 3.05) is 0 Å². The highest BCUT2D eigenvalue weighted by atomic mass is 31.2. The lowest BCUT2D eigenvalue weighted by atomic mass is 10.1. The summed E-state index contributed by atoms with van der Waals surface area (Å²) in [7, 11) is -1.67. The van der Waals surface area contributed by atoms with E-state index in [1.54, 1.807) is 0 Å². The number of hydrogen-bond donors (Lipinski definition) is 0. The van der Waals surface area contributed by atoms with Crippen LogP contribution in [0.3, 0.4) is 0 Å². The lowest BCUT2D eigenvalue weighted by molar-refractivity contribution is 0.388. The van der Waals surface area contributed by atoms with Crippen LogP contribution in [0.15, 0.2) is 115 Å². The second kappa shape index (κ2) is 9.07. The normalized spacial score (nSPS) is 10.5. The van der Waals surface area contributed by atoms with E-state index in [9.17, 15) is 0 Å². The molecule has 0 aromatic heterocycles. The molecule has 0 aliphatic heterocycles. The minimum Gasteiger partial charge on any atom is -0.409 e. The van der Waals surface area contributed by atoms with Gasteiger partial charge < -0.3 is 13.6 Å². The molecule has 0 spiro atoms. The van der Waals surface area contributed by atoms with Gasteiger partial charge in [-0.25, -0.2) is 0 Å². The van der Waals surface area contributed by atoms with Gasteiger partial charge in [0.1, 0.15) is 17.2 Å². The molecule has 0 radical (unpaired) electrons. The van der Waals surface area contributed by atoms with Gasteiger partial charge in [-0.1, -0.05) is 78.9 Å². The zero-order chi connectivity index (χ0) is 19.0. The van der Waals surface area contributed by atoms with Crippen LogP contribution in [0, 0.1) is 0 Å². The van der Waals surface area contributed by atoms with Gasteiger partial charge >= 0.3 is 8.60 Å². The summed E-state index contributed by atoms with van der Waals surface area (Å²) in [4.78, 5) is 0. The molecule has 0 amide bonds. The Morgan fingerprint density at radius 1 is 0.393 bits per heavy atom. The molecular weight excluding hydrogens is 367 g/mol. The highest BCUT2D eigenvalue weighted by molar-refractivity contribution is 7.43. The summed E-state index contributed by atoms with van der Waals surface area (Å²) in [6, 6.07) is 37.2. The molecule has 0 saturated heterocycles. The predicted octanol–water partition coefficient (Wildman–Crippen LogP) is 7.12. The summed E-state index contributed by atoms with van der Waals surface area (Å²) < 4.78 is 18.1. The quantitative estimate of drug-likeness (QED) is 0.317. The number of benzene rings is 4. The molecule has 0 bridgehead atoms. The van der Waals surface area contributed by atoms with E-state index in [0.29, 0.717) is 17.2 Å². The topological polar surface area (TPSA) is 27.7 Å². The van der Waals surface area contributed by atoms with Gasteiger partial charge in [-0.3, -0.25) is 0 Å². The Bertz CT molecular complexity index is 950. The average Bonchev–Trinajstić information content (AvgIpc) is 2.76. The third-order valence-electron chi connectivity index (χ3n) is 3.97. The predicted molar refractivity (Wildman–Crippen MR) is 114 cm³/mol. The van der Waals surface area contributed by atoms with E-state index in [1.165, 1.54) is 0 Å². The van der Waals surface area contributed by atoms with Crippen molar-refractivity contribution < 1.29 is 13.6 Å². The second-order valence-electron chi connectivity index (χ2n) is 6.02. The first-order valence-corrected chi connectivity index (χ1v) is 10.1. The fourth-order valence-corrected chi connectivity index (χ4v) is 3.63. The minimum absolute atomic E-state index is 0.694. The van der Waals surface area contributed by atoms with Gasteiger partial charge in [0.15, 0.2) is 0 Å². The van der Waals surface area contributed by atoms with Crippen molar-refractivity contribution in [3.8, 4) is 28.4 Å². The van der Waals surface area contributed by atoms with Crippen molar-refractivity contribution in [2.45, 2.75) is 0 Å². The molecular formula is C24H19O3P. The summed E-state index contributed by atoms with van der Waals surface area (Å²) in [5, 5.41) is 0. The van der Waals surface area contributed by atoms with Gasteiger partial charge in [0.05, 0.1) is 0 Å². The van der Waals surface area contributed by atoms with Crippen LogP contribution in [-0.4, -0.2) is 0 Å². The molecule has 4 heteroatoms. The SMILES string of the molecule is c1ccc(OP(Oc2ccccc2)Oc2cccc(-c3ccccc3)c2)cc1. The van der Waals surface area contributed by atoms with Crippen LogP contribution >= 0.6 is 8.60 Å². The van der Waals surface area contributed by atoms with E-state index >= 15 is 0 Å². The Morgan fingerprint density at radius 3 is 1.39 bits per heavy atom. The van der Waals surface area contributed by atoms with Crippen molar-refractivity contribution in [3.05, 3.63) is 115 Å². The molecule has 0 heterocycles. The molecule has 0 unspecified atom stereocenters. The average molecular weight is 386 g/mol. The molecule has 0 fully saturated rings. The molecule has 28 heavy (non-hydrogen) atoms. The van der Waals surface area contributed by atoms with Crippen molar-refractivity contribution in [3.63, 3.8) is 0 Å². The summed E-state index contributed by atoms with van der Waals surface area (Å²) in [6.07, 6.45) is 0. The van der Waals surface area contributed by atoms with Crippen LogP contribution in [0.1, 0.15) is 0 Å². The monoisotopic (exact) mass is 386 g/mol. The second-order valence-corrected chi connectivity index (χ2v) is 7.01. The van der Waals surface area contributed by atoms with E-state index in [2.05, 4.69) is 18.2 Å². The van der Waals surface area contributed by atoms with Gasteiger partial charge in [-0.2, -0.15) is 0 Å². The summed E-state index contributed by atoms with van der Waals surface area (Å²) in [5.41, 5.74) is 2.21. The molecule has 0 aliphatic rings. The van der Waals surface area contributed by atoms with Gasteiger partial charge in [-0.15, -0.1) is 0 Å². The largest absolute Gasteiger partial charge is 0.530 e. The number of hydrogen-bond acceptors (Lipinski definition) is 3. The Kier molecular flexibility index (Phi) is 5.86. The van der Waals surface area contributed by atoms with E-state index in [-0.39, 0.29) is 0 Å². The first-order valence-electron chi connectivity index (χ1n) is 8.96. The summed E-state index contributed by atoms with van der Waals surface area (Å²) in [6.45, 7) is 0. The Hall–Kier alpha value is -3.29. The molecule has 0 aliphatic carbocycles. The maximum absolute atomic E-state index is 6.10. The lowest BCUT2D eigenvalue weighted by Crippen LogP contribution is -2.02. The molecule has 4 aromatic rings. The minimum atomic E-state index is -1.67. The highest BCUT2D eigenvalue weighted by Gasteiger charge is 2.19. The molecule has 4 aromatic carbocycles. The van der Waals surface area contributed by atoms with Gasteiger partial charge in [0.25, 0.3) is 0 Å². The van der Waals surface area contributed by atoms with Crippen molar-refractivity contribution in [1.29, 1.82) is 0 Å². The smallest absolute Gasteiger partial charge is 0.409 e. The number of rotatable bonds is 7. The number of para-hydroxylation sites is 2. The fraction of sp³-hybridized carbons (Fsp3) is 0. The van der Waals surface area contributed by atoms with Crippen LogP contribution in [-0.2, 0) is 0 Å². The Balaban J connectivity index is 1.56. The molecule has 0 atom stereocenters. The van der Waals surface area contributed by atoms with E-state index in [1.807, 2.05) is 97.1 Å². The highest BCUT2D eigenvalue weighted by Crippen LogP contribution is 2.42. The zero-order valence-corrected chi connectivity index (χ0v) is 16.0. The van der Waals surface area contributed by atoms with E-state index in [0.717, 1.165) is 11.1 Å². The third-order valence-corrected chi connectivity index (χ3v) is 5.05. The Morgan fingerprint density at radius 2 is 0.821 bits per heavy atom. The van der Waals surface area contributed by atoms with E-state index < -0.39 is 8.60 Å². The standard InChI is InChI=1S/C24H19O3P/c1-4-11-20(12-5-1)21-13-10-18-24(19-21)27-28(25-22-14-6-2-7-15-22)26-23-16-8-3-9-17-23/h1-19H. The van der Waals surface area contributed by atoms with Crippen LogP contribution < -0.4 is 13.6 Å². The molecule has 0 N–H and O–H groups in total. The van der Waals surface area contributed by atoms with Crippen LogP contribution in [0.5, 0.6) is 17.2 Å². The summed E-state index contributed by atoms with van der Waals surface area (Å²) >= 11 is 0. The van der Waals surface area contributed by atoms with Crippen molar-refractivity contribution >= 4 is 8.60 Å². The van der Waals surface area contributed by atoms with Crippen molar-refractivity contribution in [1.82, 2.24) is 0 Å². The molecule has 3 nitrogen and oxygen atoms in total. The van der Waals surface area contributed by atoms with Crippen molar-refractivity contribution in [2.24, 2.45) is 0 Å². The van der Waals surface area contributed by atoms with Gasteiger partial charge in [-0.05, 0) is 47.5 Å². The molecule has 0 saturated carbocycles. The Labute approximate surface area is 166 Å².